The summed E-state index contributed by atoms with van der Waals surface area (Å²) in [6.45, 7) is 0.914. The predicted molar refractivity (Wildman–Crippen MR) is 95.2 cm³/mol. The number of ether oxygens (including phenoxy) is 1. The molecule has 7 nitrogen and oxygen atoms in total. The lowest BCUT2D eigenvalue weighted by molar-refractivity contribution is 0.0715. The summed E-state index contributed by atoms with van der Waals surface area (Å²) in [5.41, 5.74) is 2.90. The highest BCUT2D eigenvalue weighted by molar-refractivity contribution is 5.92. The number of nitrogens with zero attached hydrogens (tertiary/aromatic N) is 2. The van der Waals surface area contributed by atoms with Gasteiger partial charge in [-0.15, -0.1) is 0 Å². The molecule has 3 aromatic rings. The van der Waals surface area contributed by atoms with Gasteiger partial charge in [-0.2, -0.15) is 0 Å². The molecular weight excluding hydrogens is 332 g/mol. The van der Waals surface area contributed by atoms with Gasteiger partial charge in [0.1, 0.15) is 11.4 Å². The number of fused-ring (bicyclic) bond motifs is 1. The van der Waals surface area contributed by atoms with Crippen LogP contribution in [0.15, 0.2) is 53.6 Å². The first-order valence-corrected chi connectivity index (χ1v) is 8.30. The van der Waals surface area contributed by atoms with Crippen molar-refractivity contribution in [3.8, 4) is 5.75 Å². The zero-order chi connectivity index (χ0) is 18.1. The number of nitrogens with one attached hydrogen (secondary N) is 2. The number of pyridine rings is 1. The van der Waals surface area contributed by atoms with E-state index in [4.69, 9.17) is 4.74 Å². The molecule has 2 aromatic heterocycles. The Balaban J connectivity index is 1.67. The minimum atomic E-state index is -0.290. The molecule has 1 amide bonds. The van der Waals surface area contributed by atoms with Crippen LogP contribution in [-0.4, -0.2) is 39.4 Å². The lowest BCUT2D eigenvalue weighted by Crippen LogP contribution is -2.39. The third kappa shape index (κ3) is 2.88. The van der Waals surface area contributed by atoms with Gasteiger partial charge in [-0.25, -0.2) is 4.98 Å². The van der Waals surface area contributed by atoms with Gasteiger partial charge in [0, 0.05) is 18.5 Å². The summed E-state index contributed by atoms with van der Waals surface area (Å²) < 4.78 is 5.22. The normalized spacial score (nSPS) is 16.2. The summed E-state index contributed by atoms with van der Waals surface area (Å²) in [7, 11) is 1.63. The first-order valence-electron chi connectivity index (χ1n) is 8.30. The van der Waals surface area contributed by atoms with Gasteiger partial charge in [0.25, 0.3) is 5.91 Å². The molecule has 1 aromatic carbocycles. The number of hydrogen-bond donors (Lipinski definition) is 2. The SMILES string of the molecule is COc1ccc(C2CN(C(=O)c3cccc(=O)[nH]3)Cc3[nH]cnc32)cc1. The van der Waals surface area contributed by atoms with Crippen LogP contribution in [0.25, 0.3) is 0 Å². The summed E-state index contributed by atoms with van der Waals surface area (Å²) in [5, 5.41) is 0. The Labute approximate surface area is 149 Å². The molecule has 1 aliphatic rings. The van der Waals surface area contributed by atoms with Crippen LogP contribution < -0.4 is 10.3 Å². The molecule has 0 radical (unpaired) electrons. The fourth-order valence-electron chi connectivity index (χ4n) is 3.32. The highest BCUT2D eigenvalue weighted by Crippen LogP contribution is 2.32. The number of aromatic amines is 2. The van der Waals surface area contributed by atoms with E-state index in [-0.39, 0.29) is 23.1 Å². The number of aromatic nitrogens is 3. The molecule has 1 atom stereocenters. The van der Waals surface area contributed by atoms with E-state index in [1.165, 1.54) is 6.07 Å². The molecule has 3 heterocycles. The number of amides is 1. The molecule has 7 heteroatoms. The molecule has 2 N–H and O–H groups in total. The second-order valence-corrected chi connectivity index (χ2v) is 6.21. The zero-order valence-electron chi connectivity index (χ0n) is 14.2. The molecule has 0 saturated heterocycles. The topological polar surface area (TPSA) is 91.1 Å². The van der Waals surface area contributed by atoms with Crippen LogP contribution in [-0.2, 0) is 6.54 Å². The fourth-order valence-corrected chi connectivity index (χ4v) is 3.32. The molecule has 0 bridgehead atoms. The molecule has 0 aliphatic carbocycles. The van der Waals surface area contributed by atoms with E-state index in [9.17, 15) is 9.59 Å². The van der Waals surface area contributed by atoms with Crippen molar-refractivity contribution in [2.75, 3.05) is 13.7 Å². The number of carbonyl (C=O) groups excluding carboxylic acids is 1. The molecule has 1 unspecified atom stereocenters. The highest BCUT2D eigenvalue weighted by Gasteiger charge is 2.32. The fraction of sp³-hybridized carbons (Fsp3) is 0.211. The third-order valence-electron chi connectivity index (χ3n) is 4.64. The molecule has 132 valence electrons. The van der Waals surface area contributed by atoms with Crippen molar-refractivity contribution in [1.82, 2.24) is 19.9 Å². The van der Waals surface area contributed by atoms with E-state index in [1.54, 1.807) is 30.5 Å². The second-order valence-electron chi connectivity index (χ2n) is 6.21. The Kier molecular flexibility index (Phi) is 4.04. The Hall–Kier alpha value is -3.35. The minimum absolute atomic E-state index is 0.0460. The number of methoxy groups -OCH3 is 1. The minimum Gasteiger partial charge on any atom is -0.497 e. The van der Waals surface area contributed by atoms with Gasteiger partial charge in [0.2, 0.25) is 5.56 Å². The summed E-state index contributed by atoms with van der Waals surface area (Å²) in [6, 6.07) is 12.4. The Morgan fingerprint density at radius 2 is 2.04 bits per heavy atom. The van der Waals surface area contributed by atoms with Crippen LogP contribution >= 0.6 is 0 Å². The number of rotatable bonds is 3. The Morgan fingerprint density at radius 3 is 2.77 bits per heavy atom. The lowest BCUT2D eigenvalue weighted by atomic mass is 9.90. The van der Waals surface area contributed by atoms with Gasteiger partial charge in [-0.1, -0.05) is 18.2 Å². The summed E-state index contributed by atoms with van der Waals surface area (Å²) in [4.78, 5) is 36.3. The highest BCUT2D eigenvalue weighted by atomic mass is 16.5. The van der Waals surface area contributed by atoms with E-state index < -0.39 is 0 Å². The van der Waals surface area contributed by atoms with Crippen LogP contribution in [0.3, 0.4) is 0 Å². The average Bonchev–Trinajstić information content (AvgIpc) is 3.15. The number of benzene rings is 1. The number of imidazole rings is 1. The van der Waals surface area contributed by atoms with Crippen LogP contribution in [0.2, 0.25) is 0 Å². The van der Waals surface area contributed by atoms with Crippen LogP contribution in [0.4, 0.5) is 0 Å². The molecule has 0 saturated carbocycles. The largest absolute Gasteiger partial charge is 0.497 e. The van der Waals surface area contributed by atoms with Crippen LogP contribution in [0, 0.1) is 0 Å². The maximum absolute atomic E-state index is 12.9. The Morgan fingerprint density at radius 1 is 1.23 bits per heavy atom. The standard InChI is InChI=1S/C19H18N4O3/c1-26-13-7-5-12(6-8-13)14-9-23(10-16-18(14)21-11-20-16)19(25)15-3-2-4-17(24)22-15/h2-8,11,14H,9-10H2,1H3,(H,20,21)(H,22,24). The zero-order valence-corrected chi connectivity index (χ0v) is 14.2. The maximum Gasteiger partial charge on any atom is 0.270 e. The predicted octanol–water partition coefficient (Wildman–Crippen LogP) is 1.89. The van der Waals surface area contributed by atoms with Crippen molar-refractivity contribution >= 4 is 5.91 Å². The summed E-state index contributed by atoms with van der Waals surface area (Å²) in [6.07, 6.45) is 1.65. The van der Waals surface area contributed by atoms with Crippen LogP contribution in [0.1, 0.15) is 33.4 Å². The van der Waals surface area contributed by atoms with Gasteiger partial charge in [-0.05, 0) is 23.8 Å². The number of hydrogen-bond acceptors (Lipinski definition) is 4. The quantitative estimate of drug-likeness (QED) is 0.755. The lowest BCUT2D eigenvalue weighted by Gasteiger charge is -2.32. The number of H-pyrrole nitrogens is 2. The second kappa shape index (κ2) is 6.51. The van der Waals surface area contributed by atoms with E-state index in [0.717, 1.165) is 22.7 Å². The van der Waals surface area contributed by atoms with Crippen molar-refractivity contribution in [3.63, 3.8) is 0 Å². The maximum atomic E-state index is 12.9. The number of carbonyl (C=O) groups is 1. The van der Waals surface area contributed by atoms with Gasteiger partial charge in [0.05, 0.1) is 31.4 Å². The Bertz CT molecular complexity index is 990. The third-order valence-corrected chi connectivity index (χ3v) is 4.64. The molecular formula is C19H18N4O3. The van der Waals surface area contributed by atoms with Gasteiger partial charge in [0.15, 0.2) is 0 Å². The van der Waals surface area contributed by atoms with Crippen molar-refractivity contribution in [1.29, 1.82) is 0 Å². The molecule has 1 aliphatic heterocycles. The van der Waals surface area contributed by atoms with Gasteiger partial charge in [-0.3, -0.25) is 9.59 Å². The summed E-state index contributed by atoms with van der Waals surface area (Å²) >= 11 is 0. The van der Waals surface area contributed by atoms with Gasteiger partial charge >= 0.3 is 0 Å². The molecule has 26 heavy (non-hydrogen) atoms. The summed E-state index contributed by atoms with van der Waals surface area (Å²) in [5.74, 6) is 0.526. The first-order chi connectivity index (χ1) is 12.7. The van der Waals surface area contributed by atoms with Crippen LogP contribution in [0.5, 0.6) is 5.75 Å². The molecule has 0 fully saturated rings. The molecule has 0 spiro atoms. The van der Waals surface area contributed by atoms with E-state index in [2.05, 4.69) is 15.0 Å². The first kappa shape index (κ1) is 16.1. The van der Waals surface area contributed by atoms with Crippen molar-refractivity contribution in [2.45, 2.75) is 12.5 Å². The van der Waals surface area contributed by atoms with Crippen molar-refractivity contribution in [3.05, 3.63) is 81.8 Å². The van der Waals surface area contributed by atoms with E-state index in [1.807, 2.05) is 24.3 Å². The van der Waals surface area contributed by atoms with E-state index >= 15 is 0 Å². The van der Waals surface area contributed by atoms with E-state index in [0.29, 0.717) is 13.1 Å². The average molecular weight is 350 g/mol. The van der Waals surface area contributed by atoms with Crippen molar-refractivity contribution in [2.24, 2.45) is 0 Å². The van der Waals surface area contributed by atoms with Crippen molar-refractivity contribution < 1.29 is 9.53 Å². The smallest absolute Gasteiger partial charge is 0.270 e. The molecule has 4 rings (SSSR count). The monoisotopic (exact) mass is 350 g/mol. The van der Waals surface area contributed by atoms with Gasteiger partial charge < -0.3 is 19.6 Å².